The highest BCUT2D eigenvalue weighted by molar-refractivity contribution is 6.33. The van der Waals surface area contributed by atoms with Crippen molar-refractivity contribution in [1.82, 2.24) is 19.5 Å². The first-order valence-electron chi connectivity index (χ1n) is 10.2. The first kappa shape index (κ1) is 18.5. The first-order chi connectivity index (χ1) is 14.2. The molecule has 29 heavy (non-hydrogen) atoms. The molecule has 2 unspecified atom stereocenters. The van der Waals surface area contributed by atoms with Crippen molar-refractivity contribution in [2.24, 2.45) is 0 Å². The van der Waals surface area contributed by atoms with Crippen LogP contribution >= 0.6 is 11.6 Å². The van der Waals surface area contributed by atoms with Crippen molar-refractivity contribution < 1.29 is 4.74 Å². The minimum atomic E-state index is 0.00852. The summed E-state index contributed by atoms with van der Waals surface area (Å²) in [5.41, 5.74) is 4.50. The third-order valence-corrected chi connectivity index (χ3v) is 6.13. The quantitative estimate of drug-likeness (QED) is 0.410. The molecule has 1 saturated heterocycles. The summed E-state index contributed by atoms with van der Waals surface area (Å²) in [5, 5.41) is 2.57. The Bertz CT molecular complexity index is 1170. The SMILES string of the molecule is CCc1cnc2cc(CCC3CCC(n4ccc5c(Cl)ncnc54)O3)ccc2c1. The largest absolute Gasteiger partial charge is 0.355 e. The number of halogens is 1. The minimum absolute atomic E-state index is 0.00852. The van der Waals surface area contributed by atoms with Gasteiger partial charge in [0, 0.05) is 17.8 Å². The Morgan fingerprint density at radius 3 is 2.93 bits per heavy atom. The monoisotopic (exact) mass is 406 g/mol. The van der Waals surface area contributed by atoms with Crippen molar-refractivity contribution in [3.05, 3.63) is 65.3 Å². The van der Waals surface area contributed by atoms with Crippen molar-refractivity contribution in [3.8, 4) is 0 Å². The molecule has 1 aliphatic rings. The van der Waals surface area contributed by atoms with Gasteiger partial charge in [-0.3, -0.25) is 4.98 Å². The Hall–Kier alpha value is -2.50. The topological polar surface area (TPSA) is 52.8 Å². The van der Waals surface area contributed by atoms with Crippen LogP contribution in [0.15, 0.2) is 49.1 Å². The number of aryl methyl sites for hydroxylation is 2. The van der Waals surface area contributed by atoms with Gasteiger partial charge < -0.3 is 9.30 Å². The predicted octanol–water partition coefficient (Wildman–Crippen LogP) is 5.51. The van der Waals surface area contributed by atoms with E-state index in [1.165, 1.54) is 22.8 Å². The molecular formula is C23H23ClN4O. The fourth-order valence-corrected chi connectivity index (χ4v) is 4.36. The number of hydrogen-bond donors (Lipinski definition) is 0. The van der Waals surface area contributed by atoms with Crippen molar-refractivity contribution in [3.63, 3.8) is 0 Å². The molecule has 0 spiro atoms. The van der Waals surface area contributed by atoms with Crippen LogP contribution in [0.5, 0.6) is 0 Å². The van der Waals surface area contributed by atoms with Gasteiger partial charge in [0.2, 0.25) is 0 Å². The Morgan fingerprint density at radius 2 is 2.03 bits per heavy atom. The van der Waals surface area contributed by atoms with E-state index in [1.54, 1.807) is 0 Å². The average molecular weight is 407 g/mol. The molecule has 0 bridgehead atoms. The summed E-state index contributed by atoms with van der Waals surface area (Å²) in [6.07, 6.45) is 10.8. The molecule has 2 atom stereocenters. The van der Waals surface area contributed by atoms with Gasteiger partial charge in [0.15, 0.2) is 0 Å². The molecule has 0 radical (unpaired) electrons. The van der Waals surface area contributed by atoms with Gasteiger partial charge in [-0.1, -0.05) is 30.7 Å². The molecule has 0 N–H and O–H groups in total. The van der Waals surface area contributed by atoms with Crippen molar-refractivity contribution in [2.45, 2.75) is 51.4 Å². The molecule has 4 aromatic rings. The number of benzene rings is 1. The Balaban J connectivity index is 1.25. The molecule has 3 aromatic heterocycles. The third kappa shape index (κ3) is 3.61. The maximum atomic E-state index is 6.34. The fourth-order valence-electron chi connectivity index (χ4n) is 4.17. The van der Waals surface area contributed by atoms with E-state index in [4.69, 9.17) is 16.3 Å². The van der Waals surface area contributed by atoms with E-state index in [1.807, 2.05) is 18.5 Å². The number of pyridine rings is 1. The molecule has 1 aromatic carbocycles. The lowest BCUT2D eigenvalue weighted by molar-refractivity contribution is 0.00120. The zero-order valence-corrected chi connectivity index (χ0v) is 17.1. The first-order valence-corrected chi connectivity index (χ1v) is 10.6. The summed E-state index contributed by atoms with van der Waals surface area (Å²) in [5.74, 6) is 0. The Morgan fingerprint density at radius 1 is 1.10 bits per heavy atom. The van der Waals surface area contributed by atoms with E-state index in [2.05, 4.69) is 50.7 Å². The van der Waals surface area contributed by atoms with Crippen LogP contribution in [0.1, 0.15) is 43.5 Å². The smallest absolute Gasteiger partial charge is 0.146 e. The molecule has 0 amide bonds. The van der Waals surface area contributed by atoms with Crippen LogP contribution in [0, 0.1) is 0 Å². The van der Waals surface area contributed by atoms with Crippen LogP contribution in [0.25, 0.3) is 21.9 Å². The van der Waals surface area contributed by atoms with Crippen LogP contribution in [0.3, 0.4) is 0 Å². The van der Waals surface area contributed by atoms with Gasteiger partial charge in [-0.25, -0.2) is 9.97 Å². The molecule has 5 nitrogen and oxygen atoms in total. The lowest BCUT2D eigenvalue weighted by Gasteiger charge is -2.16. The van der Waals surface area contributed by atoms with Gasteiger partial charge in [-0.15, -0.1) is 0 Å². The zero-order valence-electron chi connectivity index (χ0n) is 16.4. The van der Waals surface area contributed by atoms with E-state index in [9.17, 15) is 0 Å². The number of ether oxygens (including phenoxy) is 1. The van der Waals surface area contributed by atoms with Gasteiger partial charge in [0.25, 0.3) is 0 Å². The third-order valence-electron chi connectivity index (χ3n) is 5.82. The predicted molar refractivity (Wildman–Crippen MR) is 115 cm³/mol. The number of nitrogens with zero attached hydrogens (tertiary/aromatic N) is 4. The number of aromatic nitrogens is 4. The highest BCUT2D eigenvalue weighted by Crippen LogP contribution is 2.34. The molecule has 0 saturated carbocycles. The molecule has 1 fully saturated rings. The van der Waals surface area contributed by atoms with Gasteiger partial charge >= 0.3 is 0 Å². The Kier molecular flexibility index (Phi) is 4.94. The standard InChI is InChI=1S/C23H23ClN4O/c1-2-15-11-17-5-3-16(12-20(17)25-13-15)4-6-18-7-8-21(29-18)28-10-9-19-22(24)26-14-27-23(19)28/h3,5,9-14,18,21H,2,4,6-8H2,1H3. The van der Waals surface area contributed by atoms with Crippen LogP contribution in [-0.4, -0.2) is 25.6 Å². The normalized spacial score (nSPS) is 19.4. The molecule has 4 heterocycles. The molecule has 1 aliphatic heterocycles. The van der Waals surface area contributed by atoms with E-state index in [-0.39, 0.29) is 12.3 Å². The molecule has 5 rings (SSSR count). The van der Waals surface area contributed by atoms with Crippen molar-refractivity contribution >= 4 is 33.5 Å². The summed E-state index contributed by atoms with van der Waals surface area (Å²) >= 11 is 6.17. The van der Waals surface area contributed by atoms with E-state index in [0.717, 1.165) is 48.7 Å². The van der Waals surface area contributed by atoms with Gasteiger partial charge in [0.05, 0.1) is 17.0 Å². The van der Waals surface area contributed by atoms with E-state index < -0.39 is 0 Å². The summed E-state index contributed by atoms with van der Waals surface area (Å²) < 4.78 is 8.41. The maximum absolute atomic E-state index is 6.34. The van der Waals surface area contributed by atoms with Crippen LogP contribution in [0.4, 0.5) is 0 Å². The van der Waals surface area contributed by atoms with Crippen molar-refractivity contribution in [2.75, 3.05) is 0 Å². The lowest BCUT2D eigenvalue weighted by atomic mass is 10.0. The summed E-state index contributed by atoms with van der Waals surface area (Å²) in [4.78, 5) is 13.1. The minimum Gasteiger partial charge on any atom is -0.355 e. The average Bonchev–Trinajstić information content (AvgIpc) is 3.39. The molecule has 0 aliphatic carbocycles. The molecule has 6 heteroatoms. The van der Waals surface area contributed by atoms with Crippen LogP contribution < -0.4 is 0 Å². The second-order valence-corrected chi connectivity index (χ2v) is 8.04. The maximum Gasteiger partial charge on any atom is 0.146 e. The fraction of sp³-hybridized carbons (Fsp3) is 0.348. The highest BCUT2D eigenvalue weighted by atomic mass is 35.5. The zero-order chi connectivity index (χ0) is 19.8. The highest BCUT2D eigenvalue weighted by Gasteiger charge is 2.27. The summed E-state index contributed by atoms with van der Waals surface area (Å²) in [7, 11) is 0. The van der Waals surface area contributed by atoms with E-state index in [0.29, 0.717) is 5.15 Å². The molecular weight excluding hydrogens is 384 g/mol. The lowest BCUT2D eigenvalue weighted by Crippen LogP contribution is -2.12. The summed E-state index contributed by atoms with van der Waals surface area (Å²) in [6.45, 7) is 2.16. The number of fused-ring (bicyclic) bond motifs is 2. The Labute approximate surface area is 174 Å². The number of hydrogen-bond acceptors (Lipinski definition) is 4. The second kappa shape index (κ2) is 7.73. The van der Waals surface area contributed by atoms with Crippen LogP contribution in [-0.2, 0) is 17.6 Å². The number of rotatable bonds is 5. The summed E-state index contributed by atoms with van der Waals surface area (Å²) in [6, 6.07) is 10.8. The van der Waals surface area contributed by atoms with Crippen LogP contribution in [0.2, 0.25) is 5.15 Å². The van der Waals surface area contributed by atoms with E-state index >= 15 is 0 Å². The van der Waals surface area contributed by atoms with Crippen molar-refractivity contribution in [1.29, 1.82) is 0 Å². The van der Waals surface area contributed by atoms with Gasteiger partial charge in [-0.2, -0.15) is 0 Å². The molecule has 148 valence electrons. The van der Waals surface area contributed by atoms with Gasteiger partial charge in [0.1, 0.15) is 23.4 Å². The second-order valence-electron chi connectivity index (χ2n) is 7.68. The van der Waals surface area contributed by atoms with Gasteiger partial charge in [-0.05, 0) is 61.4 Å².